The molecule has 1 N–H and O–H groups in total. The molecule has 1 saturated heterocycles. The molecular formula is C10H18BrNO. The van der Waals surface area contributed by atoms with Gasteiger partial charge < -0.3 is 10.0 Å². The highest BCUT2D eigenvalue weighted by Crippen LogP contribution is 2.48. The van der Waals surface area contributed by atoms with Crippen LogP contribution in [0.5, 0.6) is 0 Å². The predicted octanol–water partition coefficient (Wildman–Crippen LogP) is 1.48. The van der Waals surface area contributed by atoms with Crippen molar-refractivity contribution in [1.82, 2.24) is 4.90 Å². The van der Waals surface area contributed by atoms with Gasteiger partial charge in [0.2, 0.25) is 0 Å². The number of likely N-dealkylation sites (tertiary alicyclic amines) is 1. The molecule has 1 saturated carbocycles. The molecule has 0 aromatic carbocycles. The monoisotopic (exact) mass is 247 g/mol. The molecule has 2 fully saturated rings. The zero-order chi connectivity index (χ0) is 9.31. The lowest BCUT2D eigenvalue weighted by molar-refractivity contribution is 0.212. The fraction of sp³-hybridized carbons (Fsp3) is 1.00. The van der Waals surface area contributed by atoms with Crippen LogP contribution in [0.15, 0.2) is 0 Å². The summed E-state index contributed by atoms with van der Waals surface area (Å²) in [4.78, 5) is 2.52. The molecule has 0 spiro atoms. The van der Waals surface area contributed by atoms with Crippen LogP contribution in [0.1, 0.15) is 19.3 Å². The second-order valence-corrected chi connectivity index (χ2v) is 5.27. The first kappa shape index (κ1) is 9.94. The third-order valence-corrected chi connectivity index (χ3v) is 4.62. The topological polar surface area (TPSA) is 23.5 Å². The summed E-state index contributed by atoms with van der Waals surface area (Å²) in [5.74, 6) is 0.547. The number of rotatable bonds is 4. The van der Waals surface area contributed by atoms with E-state index < -0.39 is 0 Å². The van der Waals surface area contributed by atoms with Crippen LogP contribution in [0.25, 0.3) is 0 Å². The summed E-state index contributed by atoms with van der Waals surface area (Å²) in [6, 6.07) is 0. The number of nitrogens with zero attached hydrogens (tertiary/aromatic N) is 1. The van der Waals surface area contributed by atoms with E-state index in [9.17, 15) is 0 Å². The molecular weight excluding hydrogens is 230 g/mol. The average Bonchev–Trinajstić information content (AvgIpc) is 2.77. The Bertz CT molecular complexity index is 182. The molecule has 2 nitrogen and oxygen atoms in total. The zero-order valence-electron chi connectivity index (χ0n) is 8.01. The second kappa shape index (κ2) is 3.87. The maximum absolute atomic E-state index is 9.02. The van der Waals surface area contributed by atoms with Crippen LogP contribution in [0.3, 0.4) is 0 Å². The minimum atomic E-state index is 0.373. The summed E-state index contributed by atoms with van der Waals surface area (Å²) in [7, 11) is 0. The van der Waals surface area contributed by atoms with E-state index in [4.69, 9.17) is 5.11 Å². The molecule has 0 radical (unpaired) electrons. The third kappa shape index (κ3) is 2.25. The van der Waals surface area contributed by atoms with Crippen molar-refractivity contribution in [1.29, 1.82) is 0 Å². The van der Waals surface area contributed by atoms with Crippen molar-refractivity contribution in [2.75, 3.05) is 31.6 Å². The van der Waals surface area contributed by atoms with E-state index in [1.165, 1.54) is 32.4 Å². The Kier molecular flexibility index (Phi) is 2.96. The van der Waals surface area contributed by atoms with Gasteiger partial charge in [-0.25, -0.2) is 0 Å². The molecule has 0 amide bonds. The molecule has 76 valence electrons. The molecule has 0 aromatic heterocycles. The Balaban J connectivity index is 1.77. The fourth-order valence-corrected chi connectivity index (χ4v) is 2.93. The quantitative estimate of drug-likeness (QED) is 0.762. The summed E-state index contributed by atoms with van der Waals surface area (Å²) >= 11 is 3.60. The van der Waals surface area contributed by atoms with Crippen molar-refractivity contribution in [3.8, 4) is 0 Å². The van der Waals surface area contributed by atoms with Crippen molar-refractivity contribution in [3.05, 3.63) is 0 Å². The fourth-order valence-electron chi connectivity index (χ4n) is 2.19. The summed E-state index contributed by atoms with van der Waals surface area (Å²) in [5, 5.41) is 10.2. The molecule has 1 unspecified atom stereocenters. The van der Waals surface area contributed by atoms with Gasteiger partial charge in [-0.05, 0) is 37.1 Å². The number of halogens is 1. The average molecular weight is 248 g/mol. The number of aliphatic hydroxyl groups is 1. The van der Waals surface area contributed by atoms with E-state index in [0.717, 1.165) is 11.9 Å². The highest BCUT2D eigenvalue weighted by molar-refractivity contribution is 9.09. The molecule has 2 rings (SSSR count). The maximum atomic E-state index is 9.02. The summed E-state index contributed by atoms with van der Waals surface area (Å²) < 4.78 is 0. The van der Waals surface area contributed by atoms with Crippen molar-refractivity contribution in [2.24, 2.45) is 11.3 Å². The Morgan fingerprint density at radius 1 is 1.46 bits per heavy atom. The largest absolute Gasteiger partial charge is 0.396 e. The first-order valence-corrected chi connectivity index (χ1v) is 6.29. The van der Waals surface area contributed by atoms with Gasteiger partial charge in [0.1, 0.15) is 0 Å². The van der Waals surface area contributed by atoms with Crippen LogP contribution in [0.4, 0.5) is 0 Å². The number of aliphatic hydroxyl groups excluding tert-OH is 1. The summed E-state index contributed by atoms with van der Waals surface area (Å²) in [5.41, 5.74) is 0.602. The standard InChI is InChI=1S/C10H18BrNO/c11-7-10(2-3-10)8-12-4-1-9(5-12)6-13/h9,13H,1-8H2. The highest BCUT2D eigenvalue weighted by Gasteiger charge is 2.43. The zero-order valence-corrected chi connectivity index (χ0v) is 9.59. The van der Waals surface area contributed by atoms with Gasteiger partial charge in [0, 0.05) is 25.0 Å². The number of alkyl halides is 1. The molecule has 3 heteroatoms. The Labute approximate surface area is 88.4 Å². The van der Waals surface area contributed by atoms with E-state index in [1.54, 1.807) is 0 Å². The van der Waals surface area contributed by atoms with Gasteiger partial charge in [-0.3, -0.25) is 0 Å². The van der Waals surface area contributed by atoms with E-state index >= 15 is 0 Å². The minimum Gasteiger partial charge on any atom is -0.396 e. The lowest BCUT2D eigenvalue weighted by atomic mass is 10.1. The van der Waals surface area contributed by atoms with Crippen molar-refractivity contribution in [3.63, 3.8) is 0 Å². The number of hydrogen-bond acceptors (Lipinski definition) is 2. The number of hydrogen-bond donors (Lipinski definition) is 1. The van der Waals surface area contributed by atoms with Crippen LogP contribution in [-0.4, -0.2) is 41.6 Å². The van der Waals surface area contributed by atoms with Crippen LogP contribution < -0.4 is 0 Å². The van der Waals surface area contributed by atoms with Gasteiger partial charge >= 0.3 is 0 Å². The molecule has 1 atom stereocenters. The Morgan fingerprint density at radius 2 is 2.23 bits per heavy atom. The molecule has 13 heavy (non-hydrogen) atoms. The molecule has 0 bridgehead atoms. The van der Waals surface area contributed by atoms with E-state index in [2.05, 4.69) is 20.8 Å². The lowest BCUT2D eigenvalue weighted by Gasteiger charge is -2.21. The molecule has 0 aromatic rings. The predicted molar refractivity (Wildman–Crippen MR) is 57.1 cm³/mol. The van der Waals surface area contributed by atoms with Crippen LogP contribution in [-0.2, 0) is 0 Å². The van der Waals surface area contributed by atoms with Gasteiger partial charge in [0.25, 0.3) is 0 Å². The maximum Gasteiger partial charge on any atom is 0.0471 e. The van der Waals surface area contributed by atoms with E-state index in [-0.39, 0.29) is 0 Å². The smallest absolute Gasteiger partial charge is 0.0471 e. The first-order valence-electron chi connectivity index (χ1n) is 5.17. The van der Waals surface area contributed by atoms with E-state index in [1.807, 2.05) is 0 Å². The molecule has 1 aliphatic heterocycles. The highest BCUT2D eigenvalue weighted by atomic mass is 79.9. The molecule has 1 aliphatic carbocycles. The van der Waals surface area contributed by atoms with Gasteiger partial charge in [0.05, 0.1) is 0 Å². The van der Waals surface area contributed by atoms with E-state index in [0.29, 0.717) is 17.9 Å². The van der Waals surface area contributed by atoms with Gasteiger partial charge in [-0.15, -0.1) is 0 Å². The SMILES string of the molecule is OCC1CCN(CC2(CBr)CC2)C1. The minimum absolute atomic E-state index is 0.373. The van der Waals surface area contributed by atoms with Gasteiger partial charge in [-0.1, -0.05) is 15.9 Å². The van der Waals surface area contributed by atoms with Gasteiger partial charge in [-0.2, -0.15) is 0 Å². The first-order chi connectivity index (χ1) is 6.28. The second-order valence-electron chi connectivity index (χ2n) is 4.71. The normalized spacial score (nSPS) is 32.3. The van der Waals surface area contributed by atoms with Gasteiger partial charge in [0.15, 0.2) is 0 Å². The van der Waals surface area contributed by atoms with Crippen LogP contribution in [0, 0.1) is 11.3 Å². The molecule has 2 aliphatic rings. The third-order valence-electron chi connectivity index (χ3n) is 3.43. The van der Waals surface area contributed by atoms with Crippen molar-refractivity contribution in [2.45, 2.75) is 19.3 Å². The Hall–Kier alpha value is 0.400. The van der Waals surface area contributed by atoms with Crippen molar-refractivity contribution < 1.29 is 5.11 Å². The van der Waals surface area contributed by atoms with Crippen LogP contribution >= 0.6 is 15.9 Å². The Morgan fingerprint density at radius 3 is 2.69 bits per heavy atom. The summed E-state index contributed by atoms with van der Waals surface area (Å²) in [6.07, 6.45) is 3.96. The van der Waals surface area contributed by atoms with Crippen LogP contribution in [0.2, 0.25) is 0 Å². The van der Waals surface area contributed by atoms with Crippen molar-refractivity contribution >= 4 is 15.9 Å². The summed E-state index contributed by atoms with van der Waals surface area (Å²) in [6.45, 7) is 3.93. The lowest BCUT2D eigenvalue weighted by Crippen LogP contribution is -2.29. The molecule has 1 heterocycles.